The number of aliphatic hydroxyl groups is 2. The summed E-state index contributed by atoms with van der Waals surface area (Å²) < 4.78 is 0. The number of hydrogen-bond acceptors (Lipinski definition) is 3. The summed E-state index contributed by atoms with van der Waals surface area (Å²) in [6.45, 7) is 1.98. The largest absolute Gasteiger partial charge is 0.478 e. The van der Waals surface area contributed by atoms with Crippen molar-refractivity contribution in [1.29, 1.82) is 0 Å². The molecule has 2 atom stereocenters. The Morgan fingerprint density at radius 2 is 2.08 bits per heavy atom. The van der Waals surface area contributed by atoms with E-state index >= 15 is 0 Å². The van der Waals surface area contributed by atoms with Gasteiger partial charge in [0.05, 0.1) is 12.2 Å². The third-order valence-corrected chi connectivity index (χ3v) is 1.68. The summed E-state index contributed by atoms with van der Waals surface area (Å²) in [6, 6.07) is 0. The zero-order chi connectivity index (χ0) is 10.3. The van der Waals surface area contributed by atoms with Gasteiger partial charge in [0.15, 0.2) is 0 Å². The van der Waals surface area contributed by atoms with Gasteiger partial charge in [-0.2, -0.15) is 0 Å². The van der Waals surface area contributed by atoms with Crippen molar-refractivity contribution in [2.24, 2.45) is 0 Å². The number of carboxylic acid groups (broad SMARTS) is 1. The Morgan fingerprint density at radius 3 is 2.54 bits per heavy atom. The van der Waals surface area contributed by atoms with Crippen LogP contribution in [0.15, 0.2) is 12.2 Å². The topological polar surface area (TPSA) is 77.8 Å². The Balaban J connectivity index is 3.81. The van der Waals surface area contributed by atoms with Crippen LogP contribution in [0, 0.1) is 0 Å². The van der Waals surface area contributed by atoms with Crippen LogP contribution < -0.4 is 0 Å². The highest BCUT2D eigenvalue weighted by Crippen LogP contribution is 2.05. The van der Waals surface area contributed by atoms with Crippen molar-refractivity contribution in [3.63, 3.8) is 0 Å². The second-order valence-corrected chi connectivity index (χ2v) is 2.90. The molecule has 0 saturated heterocycles. The molecule has 0 saturated carbocycles. The van der Waals surface area contributed by atoms with Gasteiger partial charge in [-0.25, -0.2) is 4.79 Å². The summed E-state index contributed by atoms with van der Waals surface area (Å²) in [5.74, 6) is -1.12. The fourth-order valence-electron chi connectivity index (χ4n) is 0.893. The van der Waals surface area contributed by atoms with Gasteiger partial charge in [-0.15, -0.1) is 0 Å². The van der Waals surface area contributed by atoms with Crippen LogP contribution in [0.3, 0.4) is 0 Å². The Bertz CT molecular complexity index is 176. The Labute approximate surface area is 77.5 Å². The van der Waals surface area contributed by atoms with E-state index in [-0.39, 0.29) is 0 Å². The highest BCUT2D eigenvalue weighted by atomic mass is 16.4. The monoisotopic (exact) mass is 188 g/mol. The van der Waals surface area contributed by atoms with Gasteiger partial charge < -0.3 is 15.3 Å². The molecule has 0 rings (SSSR count). The van der Waals surface area contributed by atoms with Gasteiger partial charge >= 0.3 is 5.97 Å². The van der Waals surface area contributed by atoms with E-state index in [1.807, 2.05) is 6.92 Å². The first-order chi connectivity index (χ1) is 6.07. The molecule has 2 unspecified atom stereocenters. The van der Waals surface area contributed by atoms with E-state index in [2.05, 4.69) is 0 Å². The van der Waals surface area contributed by atoms with Crippen molar-refractivity contribution in [2.45, 2.75) is 38.4 Å². The molecule has 0 aromatic rings. The SMILES string of the molecule is CCCCC(O)C(O)C=CC(=O)O. The van der Waals surface area contributed by atoms with E-state index in [1.54, 1.807) is 0 Å². The van der Waals surface area contributed by atoms with Gasteiger partial charge in [0.1, 0.15) is 0 Å². The van der Waals surface area contributed by atoms with Crippen molar-refractivity contribution in [3.05, 3.63) is 12.2 Å². The molecule has 4 nitrogen and oxygen atoms in total. The fourth-order valence-corrected chi connectivity index (χ4v) is 0.893. The Kier molecular flexibility index (Phi) is 6.18. The number of carbonyl (C=O) groups is 1. The van der Waals surface area contributed by atoms with Crippen molar-refractivity contribution in [1.82, 2.24) is 0 Å². The summed E-state index contributed by atoms with van der Waals surface area (Å²) in [7, 11) is 0. The standard InChI is InChI=1S/C9H16O4/c1-2-3-4-7(10)8(11)5-6-9(12)13/h5-8,10-11H,2-4H2,1H3,(H,12,13). The van der Waals surface area contributed by atoms with Crippen LogP contribution in [0.5, 0.6) is 0 Å². The van der Waals surface area contributed by atoms with Crippen molar-refractivity contribution < 1.29 is 20.1 Å². The maximum atomic E-state index is 10.1. The molecule has 76 valence electrons. The third kappa shape index (κ3) is 6.31. The molecule has 0 fully saturated rings. The predicted octanol–water partition coefficient (Wildman–Crippen LogP) is 0.539. The number of hydrogen-bond donors (Lipinski definition) is 3. The van der Waals surface area contributed by atoms with Crippen LogP contribution >= 0.6 is 0 Å². The van der Waals surface area contributed by atoms with E-state index in [1.165, 1.54) is 0 Å². The molecule has 0 aliphatic carbocycles. The summed E-state index contributed by atoms with van der Waals surface area (Å²) in [4.78, 5) is 10.1. The molecule has 4 heteroatoms. The number of rotatable bonds is 6. The second kappa shape index (κ2) is 6.62. The van der Waals surface area contributed by atoms with Gasteiger partial charge in [-0.05, 0) is 12.5 Å². The lowest BCUT2D eigenvalue weighted by atomic mass is 10.1. The van der Waals surface area contributed by atoms with Crippen LogP contribution in [0.4, 0.5) is 0 Å². The molecular weight excluding hydrogens is 172 g/mol. The number of aliphatic hydroxyl groups excluding tert-OH is 2. The molecule has 13 heavy (non-hydrogen) atoms. The first kappa shape index (κ1) is 12.1. The minimum atomic E-state index is -1.12. The molecule has 0 heterocycles. The molecule has 3 N–H and O–H groups in total. The molecule has 0 radical (unpaired) electrons. The molecule has 0 aliphatic rings. The van der Waals surface area contributed by atoms with Crippen molar-refractivity contribution >= 4 is 5.97 Å². The molecule has 0 amide bonds. The van der Waals surface area contributed by atoms with Crippen molar-refractivity contribution in [2.75, 3.05) is 0 Å². The molecule has 0 bridgehead atoms. The van der Waals surface area contributed by atoms with Gasteiger partial charge in [0.2, 0.25) is 0 Å². The summed E-state index contributed by atoms with van der Waals surface area (Å²) in [5, 5.41) is 26.7. The van der Waals surface area contributed by atoms with E-state index in [0.717, 1.165) is 25.0 Å². The lowest BCUT2D eigenvalue weighted by Crippen LogP contribution is -2.23. The van der Waals surface area contributed by atoms with Gasteiger partial charge in [-0.1, -0.05) is 19.8 Å². The van der Waals surface area contributed by atoms with Crippen LogP contribution in [0.25, 0.3) is 0 Å². The highest BCUT2D eigenvalue weighted by molar-refractivity contribution is 5.79. The minimum Gasteiger partial charge on any atom is -0.478 e. The Hall–Kier alpha value is -0.870. The van der Waals surface area contributed by atoms with Gasteiger partial charge in [-0.3, -0.25) is 0 Å². The third-order valence-electron chi connectivity index (χ3n) is 1.68. The molecule has 0 spiro atoms. The highest BCUT2D eigenvalue weighted by Gasteiger charge is 2.12. The normalized spacial score (nSPS) is 15.9. The molecule has 0 aromatic heterocycles. The van der Waals surface area contributed by atoms with E-state index in [0.29, 0.717) is 6.42 Å². The fraction of sp³-hybridized carbons (Fsp3) is 0.667. The quantitative estimate of drug-likeness (QED) is 0.531. The van der Waals surface area contributed by atoms with Gasteiger partial charge in [0, 0.05) is 6.08 Å². The van der Waals surface area contributed by atoms with Crippen LogP contribution in [-0.2, 0) is 4.79 Å². The maximum absolute atomic E-state index is 10.1. The number of unbranched alkanes of at least 4 members (excludes halogenated alkanes) is 1. The maximum Gasteiger partial charge on any atom is 0.328 e. The summed E-state index contributed by atoms with van der Waals surface area (Å²) in [5.41, 5.74) is 0. The molecular formula is C9H16O4. The lowest BCUT2D eigenvalue weighted by Gasteiger charge is -2.13. The second-order valence-electron chi connectivity index (χ2n) is 2.90. The zero-order valence-corrected chi connectivity index (χ0v) is 7.68. The molecule has 0 aliphatic heterocycles. The van der Waals surface area contributed by atoms with E-state index in [4.69, 9.17) is 5.11 Å². The smallest absolute Gasteiger partial charge is 0.328 e. The van der Waals surface area contributed by atoms with Crippen LogP contribution in [0.2, 0.25) is 0 Å². The average Bonchev–Trinajstić information content (AvgIpc) is 2.10. The summed E-state index contributed by atoms with van der Waals surface area (Å²) in [6.07, 6.45) is 2.22. The van der Waals surface area contributed by atoms with E-state index < -0.39 is 18.2 Å². The minimum absolute atomic E-state index is 0.488. The first-order valence-corrected chi connectivity index (χ1v) is 4.35. The number of aliphatic carboxylic acids is 1. The predicted molar refractivity (Wildman–Crippen MR) is 48.3 cm³/mol. The van der Waals surface area contributed by atoms with Gasteiger partial charge in [0.25, 0.3) is 0 Å². The van der Waals surface area contributed by atoms with Crippen LogP contribution in [0.1, 0.15) is 26.2 Å². The average molecular weight is 188 g/mol. The number of carboxylic acids is 1. The van der Waals surface area contributed by atoms with Crippen LogP contribution in [-0.4, -0.2) is 33.5 Å². The lowest BCUT2D eigenvalue weighted by molar-refractivity contribution is -0.131. The first-order valence-electron chi connectivity index (χ1n) is 4.35. The van der Waals surface area contributed by atoms with Crippen molar-refractivity contribution in [3.8, 4) is 0 Å². The summed E-state index contributed by atoms with van der Waals surface area (Å²) >= 11 is 0. The molecule has 0 aromatic carbocycles. The van der Waals surface area contributed by atoms with E-state index in [9.17, 15) is 15.0 Å². The Morgan fingerprint density at radius 1 is 1.46 bits per heavy atom. The zero-order valence-electron chi connectivity index (χ0n) is 7.68.